The second-order valence-corrected chi connectivity index (χ2v) is 10.8. The standard InChI is InChI=1S/C24H25BrN2O7S/c1-15-22(24(29)32-2)21(23(28)27(15)14-19-4-3-11-33-19)12-17-7-8-18(34-17)13-26-35(30,31)20-9-5-16(25)6-10-20/h5-10,12,19,26H,3-4,11,13-14H2,1-2H3/b21-12+/t19-/m1/s1. The molecule has 4 rings (SSSR count). The van der Waals surface area contributed by atoms with E-state index >= 15 is 0 Å². The average molecular weight is 565 g/mol. The van der Waals surface area contributed by atoms with E-state index in [1.165, 1.54) is 30.2 Å². The van der Waals surface area contributed by atoms with Gasteiger partial charge in [0, 0.05) is 16.8 Å². The Kier molecular flexibility index (Phi) is 7.60. The largest absolute Gasteiger partial charge is 0.465 e. The van der Waals surface area contributed by atoms with Gasteiger partial charge in [0.05, 0.1) is 42.3 Å². The van der Waals surface area contributed by atoms with Crippen molar-refractivity contribution in [3.05, 3.63) is 69.2 Å². The fraction of sp³-hybridized carbons (Fsp3) is 0.333. The maximum atomic E-state index is 13.2. The van der Waals surface area contributed by atoms with Gasteiger partial charge in [0.2, 0.25) is 10.0 Å². The molecular weight excluding hydrogens is 540 g/mol. The van der Waals surface area contributed by atoms with Gasteiger partial charge >= 0.3 is 5.97 Å². The normalized spacial score (nSPS) is 19.7. The van der Waals surface area contributed by atoms with Gasteiger partial charge in [0.25, 0.3) is 5.91 Å². The fourth-order valence-corrected chi connectivity index (χ4v) is 5.27. The predicted molar refractivity (Wildman–Crippen MR) is 130 cm³/mol. The zero-order chi connectivity index (χ0) is 25.2. The van der Waals surface area contributed by atoms with Crippen molar-refractivity contribution in [3.63, 3.8) is 0 Å². The number of hydrogen-bond acceptors (Lipinski definition) is 7. The molecule has 3 heterocycles. The zero-order valence-electron chi connectivity index (χ0n) is 19.2. The number of rotatable bonds is 8. The molecule has 1 N–H and O–H groups in total. The number of amides is 1. The minimum absolute atomic E-state index is 0.0823. The number of allylic oxidation sites excluding steroid dienone is 1. The van der Waals surface area contributed by atoms with Crippen molar-refractivity contribution in [2.45, 2.75) is 37.3 Å². The molecule has 1 saturated heterocycles. The molecule has 1 fully saturated rings. The van der Waals surface area contributed by atoms with Crippen molar-refractivity contribution in [1.29, 1.82) is 0 Å². The van der Waals surface area contributed by atoms with Gasteiger partial charge < -0.3 is 18.8 Å². The lowest BCUT2D eigenvalue weighted by atomic mass is 10.1. The Morgan fingerprint density at radius 1 is 1.26 bits per heavy atom. The number of hydrogen-bond donors (Lipinski definition) is 1. The Hall–Kier alpha value is -2.73. The molecule has 1 aromatic carbocycles. The number of halogens is 1. The quantitative estimate of drug-likeness (QED) is 0.386. The number of nitrogens with one attached hydrogen (secondary N) is 1. The molecule has 1 atom stereocenters. The first kappa shape index (κ1) is 25.4. The molecule has 0 bridgehead atoms. The zero-order valence-corrected chi connectivity index (χ0v) is 21.6. The number of carbonyl (C=O) groups is 2. The summed E-state index contributed by atoms with van der Waals surface area (Å²) >= 11 is 3.28. The summed E-state index contributed by atoms with van der Waals surface area (Å²) in [6.45, 7) is 2.62. The number of esters is 1. The monoisotopic (exact) mass is 564 g/mol. The second-order valence-electron chi connectivity index (χ2n) is 8.14. The Labute approximate surface area is 211 Å². The summed E-state index contributed by atoms with van der Waals surface area (Å²) in [7, 11) is -2.47. The van der Waals surface area contributed by atoms with Gasteiger partial charge in [-0.25, -0.2) is 17.9 Å². The van der Waals surface area contributed by atoms with Crippen LogP contribution < -0.4 is 4.72 Å². The average Bonchev–Trinajstić information content (AvgIpc) is 3.56. The van der Waals surface area contributed by atoms with E-state index in [2.05, 4.69) is 20.7 Å². The van der Waals surface area contributed by atoms with E-state index in [4.69, 9.17) is 13.9 Å². The number of methoxy groups -OCH3 is 1. The Balaban J connectivity index is 1.52. The smallest absolute Gasteiger partial charge is 0.340 e. The summed E-state index contributed by atoms with van der Waals surface area (Å²) in [5.41, 5.74) is 0.825. The maximum Gasteiger partial charge on any atom is 0.340 e. The molecule has 2 aliphatic rings. The molecule has 0 saturated carbocycles. The van der Waals surface area contributed by atoms with E-state index in [1.807, 2.05) is 0 Å². The van der Waals surface area contributed by atoms with Crippen LogP contribution in [0, 0.1) is 0 Å². The molecule has 35 heavy (non-hydrogen) atoms. The van der Waals surface area contributed by atoms with Crippen LogP contribution in [0.4, 0.5) is 0 Å². The highest BCUT2D eigenvalue weighted by atomic mass is 79.9. The maximum absolute atomic E-state index is 13.2. The minimum atomic E-state index is -3.73. The summed E-state index contributed by atoms with van der Waals surface area (Å²) in [4.78, 5) is 27.3. The third kappa shape index (κ3) is 5.58. The topological polar surface area (TPSA) is 115 Å². The van der Waals surface area contributed by atoms with Gasteiger partial charge in [-0.2, -0.15) is 0 Å². The lowest BCUT2D eigenvalue weighted by Gasteiger charge is -2.21. The van der Waals surface area contributed by atoms with Gasteiger partial charge in [-0.05, 0) is 62.2 Å². The van der Waals surface area contributed by atoms with Crippen LogP contribution in [0.1, 0.15) is 31.3 Å². The number of benzene rings is 1. The van der Waals surface area contributed by atoms with Crippen molar-refractivity contribution in [3.8, 4) is 0 Å². The van der Waals surface area contributed by atoms with Gasteiger partial charge in [0.15, 0.2) is 0 Å². The van der Waals surface area contributed by atoms with Crippen LogP contribution in [0.5, 0.6) is 0 Å². The highest BCUT2D eigenvalue weighted by molar-refractivity contribution is 9.10. The van der Waals surface area contributed by atoms with Crippen molar-refractivity contribution in [2.75, 3.05) is 20.3 Å². The predicted octanol–water partition coefficient (Wildman–Crippen LogP) is 3.37. The molecule has 186 valence electrons. The van der Waals surface area contributed by atoms with Gasteiger partial charge in [-0.1, -0.05) is 15.9 Å². The molecule has 0 spiro atoms. The molecule has 0 unspecified atom stereocenters. The van der Waals surface area contributed by atoms with Gasteiger partial charge in [-0.3, -0.25) is 4.79 Å². The second kappa shape index (κ2) is 10.5. The molecule has 11 heteroatoms. The molecule has 0 aliphatic carbocycles. The molecular formula is C24H25BrN2O7S. The molecule has 2 aliphatic heterocycles. The highest BCUT2D eigenvalue weighted by Gasteiger charge is 2.38. The van der Waals surface area contributed by atoms with E-state index in [0.29, 0.717) is 30.4 Å². The third-order valence-corrected chi connectivity index (χ3v) is 7.79. The van der Waals surface area contributed by atoms with Crippen molar-refractivity contribution < 1.29 is 31.9 Å². The summed E-state index contributed by atoms with van der Waals surface area (Å²) in [5.74, 6) is -0.308. The van der Waals surface area contributed by atoms with Crippen LogP contribution in [0.2, 0.25) is 0 Å². The number of carbonyl (C=O) groups excluding carboxylic acids is 2. The molecule has 2 aromatic rings. The van der Waals surface area contributed by atoms with Crippen LogP contribution in [0.3, 0.4) is 0 Å². The van der Waals surface area contributed by atoms with Crippen LogP contribution in [0.15, 0.2) is 67.0 Å². The van der Waals surface area contributed by atoms with E-state index in [9.17, 15) is 18.0 Å². The number of ether oxygens (including phenoxy) is 2. The first-order valence-corrected chi connectivity index (χ1v) is 13.3. The van der Waals surface area contributed by atoms with E-state index in [1.54, 1.807) is 31.2 Å². The van der Waals surface area contributed by atoms with E-state index in [-0.39, 0.29) is 34.6 Å². The lowest BCUT2D eigenvalue weighted by Crippen LogP contribution is -2.33. The van der Waals surface area contributed by atoms with Gasteiger partial charge in [-0.15, -0.1) is 0 Å². The van der Waals surface area contributed by atoms with Crippen LogP contribution >= 0.6 is 15.9 Å². The Morgan fingerprint density at radius 3 is 2.66 bits per heavy atom. The molecule has 1 amide bonds. The molecule has 1 aromatic heterocycles. The Bertz CT molecular complexity index is 1290. The summed E-state index contributed by atoms with van der Waals surface area (Å²) in [6.07, 6.45) is 3.17. The van der Waals surface area contributed by atoms with Crippen LogP contribution in [-0.2, 0) is 35.6 Å². The lowest BCUT2D eigenvalue weighted by molar-refractivity contribution is -0.136. The molecule has 0 radical (unpaired) electrons. The van der Waals surface area contributed by atoms with E-state index < -0.39 is 16.0 Å². The van der Waals surface area contributed by atoms with Crippen molar-refractivity contribution in [1.82, 2.24) is 9.62 Å². The van der Waals surface area contributed by atoms with Crippen LogP contribution in [-0.4, -0.2) is 51.6 Å². The van der Waals surface area contributed by atoms with Crippen LogP contribution in [0.25, 0.3) is 6.08 Å². The highest BCUT2D eigenvalue weighted by Crippen LogP contribution is 2.33. The first-order valence-electron chi connectivity index (χ1n) is 11.0. The summed E-state index contributed by atoms with van der Waals surface area (Å²) in [6, 6.07) is 9.47. The third-order valence-electron chi connectivity index (χ3n) is 5.84. The number of sulfonamides is 1. The SMILES string of the molecule is COC(=O)C1=C(C)N(C[C@H]2CCCO2)C(=O)/C1=C/c1ccc(CNS(=O)(=O)c2ccc(Br)cc2)o1. The first-order chi connectivity index (χ1) is 16.7. The number of furan rings is 1. The van der Waals surface area contributed by atoms with Crippen molar-refractivity contribution in [2.24, 2.45) is 0 Å². The van der Waals surface area contributed by atoms with Gasteiger partial charge in [0.1, 0.15) is 11.5 Å². The molecule has 9 nitrogen and oxygen atoms in total. The summed E-state index contributed by atoms with van der Waals surface area (Å²) in [5, 5.41) is 0. The van der Waals surface area contributed by atoms with Crippen molar-refractivity contribution >= 4 is 43.9 Å². The van der Waals surface area contributed by atoms with E-state index in [0.717, 1.165) is 17.3 Å². The Morgan fingerprint density at radius 2 is 2.00 bits per heavy atom. The minimum Gasteiger partial charge on any atom is -0.465 e. The fourth-order valence-electron chi connectivity index (χ4n) is 4.01. The number of nitrogens with zero attached hydrogens (tertiary/aromatic N) is 1. The summed E-state index contributed by atoms with van der Waals surface area (Å²) < 4.78 is 44.6.